The number of nitrogens with one attached hydrogen (secondary N) is 3. The topological polar surface area (TPSA) is 271 Å². The summed E-state index contributed by atoms with van der Waals surface area (Å²) in [7, 11) is 0. The van der Waals surface area contributed by atoms with Gasteiger partial charge in [-0.25, -0.2) is 4.79 Å². The summed E-state index contributed by atoms with van der Waals surface area (Å²) in [4.78, 5) is 69.2. The van der Waals surface area contributed by atoms with Crippen LogP contribution in [0.5, 0.6) is 0 Å². The Hall–Kier alpha value is -3.30. The summed E-state index contributed by atoms with van der Waals surface area (Å²) in [6, 6.07) is -6.69. The zero-order chi connectivity index (χ0) is 23.6. The van der Waals surface area contributed by atoms with Gasteiger partial charge < -0.3 is 47.8 Å². The molecule has 0 bridgehead atoms. The highest BCUT2D eigenvalue weighted by atomic mass is 16.4. The predicted molar refractivity (Wildman–Crippen MR) is 96.2 cm³/mol. The van der Waals surface area contributed by atoms with Crippen molar-refractivity contribution in [2.45, 2.75) is 50.0 Å². The number of rotatable bonds is 13. The van der Waals surface area contributed by atoms with Gasteiger partial charge in [0.05, 0.1) is 25.6 Å². The molecular weight excluding hydrogens is 410 g/mol. The van der Waals surface area contributed by atoms with Crippen LogP contribution in [0.4, 0.5) is 0 Å². The van der Waals surface area contributed by atoms with E-state index in [1.807, 2.05) is 16.0 Å². The van der Waals surface area contributed by atoms with Crippen LogP contribution in [-0.4, -0.2) is 92.9 Å². The minimum atomic E-state index is -1.74. The maximum Gasteiger partial charge on any atom is 0.326 e. The number of primary amides is 1. The number of aliphatic hydroxyl groups is 2. The number of carboxylic acid groups (broad SMARTS) is 2. The number of amides is 4. The lowest BCUT2D eigenvalue weighted by atomic mass is 10.1. The number of aliphatic hydroxyl groups excluding tert-OH is 2. The number of carbonyl (C=O) groups is 6. The first-order valence-corrected chi connectivity index (χ1v) is 8.48. The van der Waals surface area contributed by atoms with Gasteiger partial charge in [0.15, 0.2) is 0 Å². The average molecular weight is 435 g/mol. The second-order valence-electron chi connectivity index (χ2n) is 6.24. The molecule has 5 unspecified atom stereocenters. The first-order valence-electron chi connectivity index (χ1n) is 8.48. The third kappa shape index (κ3) is 9.26. The lowest BCUT2D eigenvalue weighted by Crippen LogP contribution is -2.59. The van der Waals surface area contributed by atoms with Gasteiger partial charge in [0.1, 0.15) is 24.2 Å². The van der Waals surface area contributed by atoms with Crippen LogP contribution in [0.3, 0.4) is 0 Å². The second-order valence-corrected chi connectivity index (χ2v) is 6.24. The van der Waals surface area contributed by atoms with Crippen LogP contribution >= 0.6 is 0 Å². The zero-order valence-electron chi connectivity index (χ0n) is 15.9. The lowest BCUT2D eigenvalue weighted by Gasteiger charge is -2.23. The van der Waals surface area contributed by atoms with Gasteiger partial charge in [-0.3, -0.25) is 24.0 Å². The van der Waals surface area contributed by atoms with Gasteiger partial charge in [0.2, 0.25) is 23.6 Å². The summed E-state index contributed by atoms with van der Waals surface area (Å²) in [6.07, 6.45) is -3.00. The molecule has 0 aromatic carbocycles. The van der Waals surface area contributed by atoms with Crippen molar-refractivity contribution in [3.05, 3.63) is 0 Å². The molecule has 11 N–H and O–H groups in total. The molecule has 30 heavy (non-hydrogen) atoms. The van der Waals surface area contributed by atoms with E-state index in [4.69, 9.17) is 21.7 Å². The number of hydrogen-bond donors (Lipinski definition) is 9. The van der Waals surface area contributed by atoms with Crippen LogP contribution in [0.2, 0.25) is 0 Å². The summed E-state index contributed by atoms with van der Waals surface area (Å²) in [5.74, 6) is -7.61. The Labute approximate surface area is 169 Å². The summed E-state index contributed by atoms with van der Waals surface area (Å²) in [5.41, 5.74) is 10.3. The molecule has 15 nitrogen and oxygen atoms in total. The van der Waals surface area contributed by atoms with Crippen molar-refractivity contribution < 1.29 is 49.2 Å². The number of carboxylic acids is 2. The standard InChI is InChI=1S/C15H25N5O10/c1-5(22)11(17)14(28)18-6(3-10(24)25)12(26)20-8(4-21)13(27)19-7(15(29)30)2-9(16)23/h5-8,11,21-22H,2-4,17H2,1H3,(H2,16,23)(H,18,28)(H,19,27)(H,20,26)(H,24,25)(H,29,30). The van der Waals surface area contributed by atoms with Gasteiger partial charge in [-0.1, -0.05) is 0 Å². The minimum absolute atomic E-state index is 0.762. The van der Waals surface area contributed by atoms with Crippen molar-refractivity contribution in [1.29, 1.82) is 0 Å². The largest absolute Gasteiger partial charge is 0.481 e. The van der Waals surface area contributed by atoms with E-state index in [2.05, 4.69) is 0 Å². The summed E-state index contributed by atoms with van der Waals surface area (Å²) < 4.78 is 0. The molecule has 0 aromatic heterocycles. The predicted octanol–water partition coefficient (Wildman–Crippen LogP) is -5.42. The Kier molecular flexibility index (Phi) is 10.9. The van der Waals surface area contributed by atoms with E-state index in [1.165, 1.54) is 6.92 Å². The normalized spacial score (nSPS) is 15.6. The van der Waals surface area contributed by atoms with Crippen molar-refractivity contribution in [2.24, 2.45) is 11.5 Å². The summed E-state index contributed by atoms with van der Waals surface area (Å²) in [5, 5.41) is 42.3. The molecule has 5 atom stereocenters. The number of aliphatic carboxylic acids is 2. The molecule has 0 radical (unpaired) electrons. The maximum atomic E-state index is 12.3. The van der Waals surface area contributed by atoms with Crippen LogP contribution in [-0.2, 0) is 28.8 Å². The van der Waals surface area contributed by atoms with E-state index in [0.29, 0.717) is 0 Å². The van der Waals surface area contributed by atoms with E-state index in [1.54, 1.807) is 0 Å². The molecule has 0 spiro atoms. The summed E-state index contributed by atoms with van der Waals surface area (Å²) in [6.45, 7) is 0.162. The average Bonchev–Trinajstić information content (AvgIpc) is 2.62. The molecule has 4 amide bonds. The molecule has 0 aliphatic heterocycles. The molecule has 0 heterocycles. The fraction of sp³-hybridized carbons (Fsp3) is 0.600. The van der Waals surface area contributed by atoms with Gasteiger partial charge >= 0.3 is 11.9 Å². The first-order chi connectivity index (χ1) is 13.8. The fourth-order valence-electron chi connectivity index (χ4n) is 2.01. The van der Waals surface area contributed by atoms with Crippen LogP contribution in [0.1, 0.15) is 19.8 Å². The van der Waals surface area contributed by atoms with Crippen LogP contribution in [0.15, 0.2) is 0 Å². The van der Waals surface area contributed by atoms with E-state index in [-0.39, 0.29) is 0 Å². The molecule has 170 valence electrons. The SMILES string of the molecule is CC(O)C(N)C(=O)NC(CC(=O)O)C(=O)NC(CO)C(=O)NC(CC(N)=O)C(=O)O. The second kappa shape index (κ2) is 12.3. The van der Waals surface area contributed by atoms with Gasteiger partial charge in [-0.2, -0.15) is 0 Å². The monoisotopic (exact) mass is 435 g/mol. The van der Waals surface area contributed by atoms with E-state index in [9.17, 15) is 39.0 Å². The van der Waals surface area contributed by atoms with E-state index < -0.39 is 85.3 Å². The third-order valence-electron chi connectivity index (χ3n) is 3.67. The Morgan fingerprint density at radius 3 is 1.70 bits per heavy atom. The Balaban J connectivity index is 5.29. The van der Waals surface area contributed by atoms with Crippen molar-refractivity contribution in [3.8, 4) is 0 Å². The van der Waals surface area contributed by atoms with Crippen molar-refractivity contribution in [1.82, 2.24) is 16.0 Å². The minimum Gasteiger partial charge on any atom is -0.481 e. The lowest BCUT2D eigenvalue weighted by molar-refractivity contribution is -0.144. The van der Waals surface area contributed by atoms with Gasteiger partial charge in [-0.05, 0) is 6.92 Å². The maximum absolute atomic E-state index is 12.3. The smallest absolute Gasteiger partial charge is 0.326 e. The van der Waals surface area contributed by atoms with Crippen molar-refractivity contribution in [3.63, 3.8) is 0 Å². The quantitative estimate of drug-likeness (QED) is 0.132. The van der Waals surface area contributed by atoms with Crippen LogP contribution in [0, 0.1) is 0 Å². The van der Waals surface area contributed by atoms with Gasteiger partial charge in [0, 0.05) is 0 Å². The van der Waals surface area contributed by atoms with Crippen molar-refractivity contribution in [2.75, 3.05) is 6.61 Å². The van der Waals surface area contributed by atoms with E-state index >= 15 is 0 Å². The highest BCUT2D eigenvalue weighted by Crippen LogP contribution is 1.99. The number of hydrogen-bond acceptors (Lipinski definition) is 9. The Morgan fingerprint density at radius 1 is 0.833 bits per heavy atom. The molecule has 0 aromatic rings. The van der Waals surface area contributed by atoms with Gasteiger partial charge in [-0.15, -0.1) is 0 Å². The van der Waals surface area contributed by atoms with E-state index in [0.717, 1.165) is 0 Å². The zero-order valence-corrected chi connectivity index (χ0v) is 15.9. The molecule has 0 aliphatic carbocycles. The number of nitrogens with two attached hydrogens (primary N) is 2. The Morgan fingerprint density at radius 2 is 1.30 bits per heavy atom. The highest BCUT2D eigenvalue weighted by molar-refractivity contribution is 5.96. The molecule has 0 saturated heterocycles. The molecule has 0 saturated carbocycles. The summed E-state index contributed by atoms with van der Waals surface area (Å²) >= 11 is 0. The molecule has 15 heteroatoms. The molecule has 0 fully saturated rings. The number of carbonyl (C=O) groups excluding carboxylic acids is 4. The van der Waals surface area contributed by atoms with Crippen molar-refractivity contribution >= 4 is 35.6 Å². The molecule has 0 aliphatic rings. The Bertz CT molecular complexity index is 683. The third-order valence-corrected chi connectivity index (χ3v) is 3.67. The fourth-order valence-corrected chi connectivity index (χ4v) is 2.01. The molecular formula is C15H25N5O10. The van der Waals surface area contributed by atoms with Crippen LogP contribution < -0.4 is 27.4 Å². The highest BCUT2D eigenvalue weighted by Gasteiger charge is 2.32. The van der Waals surface area contributed by atoms with Gasteiger partial charge in [0.25, 0.3) is 0 Å². The van der Waals surface area contributed by atoms with Crippen LogP contribution in [0.25, 0.3) is 0 Å². The molecule has 0 rings (SSSR count). The first kappa shape index (κ1) is 26.7.